The molecular formula is C16H23N3O6S2. The zero-order valence-electron chi connectivity index (χ0n) is 15.1. The lowest BCUT2D eigenvalue weighted by molar-refractivity contribution is -0.384. The van der Waals surface area contributed by atoms with Gasteiger partial charge in [0.1, 0.15) is 6.04 Å². The number of likely N-dealkylation sites (tertiary alicyclic amines) is 1. The van der Waals surface area contributed by atoms with Crippen LogP contribution >= 0.6 is 12.6 Å². The predicted molar refractivity (Wildman–Crippen MR) is 102 cm³/mol. The van der Waals surface area contributed by atoms with Crippen molar-refractivity contribution in [1.29, 1.82) is 0 Å². The number of ether oxygens (including phenoxy) is 1. The molecule has 1 atom stereocenters. The molecule has 0 amide bonds. The fourth-order valence-corrected chi connectivity index (χ4v) is 4.59. The number of nitro groups is 1. The third kappa shape index (κ3) is 5.18. The minimum atomic E-state index is -4.10. The summed E-state index contributed by atoms with van der Waals surface area (Å²) in [7, 11) is -2.16. The molecule has 1 aliphatic rings. The molecule has 1 N–H and O–H groups in total. The summed E-state index contributed by atoms with van der Waals surface area (Å²) in [5.41, 5.74) is -0.225. The lowest BCUT2D eigenvalue weighted by atomic mass is 9.89. The van der Waals surface area contributed by atoms with Gasteiger partial charge in [-0.1, -0.05) is 0 Å². The summed E-state index contributed by atoms with van der Waals surface area (Å²) in [6.07, 6.45) is 0.998. The van der Waals surface area contributed by atoms with Gasteiger partial charge in [0.15, 0.2) is 0 Å². The molecule has 0 aliphatic carbocycles. The van der Waals surface area contributed by atoms with Crippen molar-refractivity contribution in [2.75, 3.05) is 26.7 Å². The Kier molecular flexibility index (Phi) is 6.84. The van der Waals surface area contributed by atoms with E-state index in [-0.39, 0.29) is 17.2 Å². The lowest BCUT2D eigenvalue weighted by Crippen LogP contribution is -2.58. The van der Waals surface area contributed by atoms with Gasteiger partial charge < -0.3 is 9.64 Å². The number of nitrogens with zero attached hydrogens (tertiary/aromatic N) is 2. The van der Waals surface area contributed by atoms with E-state index in [9.17, 15) is 23.3 Å². The molecule has 11 heteroatoms. The number of nitrogens with one attached hydrogen (secondary N) is 1. The smallest absolute Gasteiger partial charge is 0.325 e. The molecule has 0 aromatic heterocycles. The van der Waals surface area contributed by atoms with Gasteiger partial charge in [-0.25, -0.2) is 8.42 Å². The van der Waals surface area contributed by atoms with Crippen LogP contribution in [-0.4, -0.2) is 61.7 Å². The largest absolute Gasteiger partial charge is 0.465 e. The number of hydrogen-bond acceptors (Lipinski definition) is 8. The maximum absolute atomic E-state index is 12.7. The van der Waals surface area contributed by atoms with Crippen LogP contribution in [0, 0.1) is 10.1 Å². The molecule has 2 rings (SSSR count). The van der Waals surface area contributed by atoms with E-state index < -0.39 is 31.7 Å². The SMILES string of the molecule is CCOC(=O)C(NS(=O)(=O)c1ccc([N+](=O)[O-])cc1)C1(S)CCN(C)CC1. The van der Waals surface area contributed by atoms with Gasteiger partial charge in [-0.05, 0) is 52.0 Å². The van der Waals surface area contributed by atoms with Crippen LogP contribution in [0.5, 0.6) is 0 Å². The van der Waals surface area contributed by atoms with Crippen molar-refractivity contribution >= 4 is 34.3 Å². The lowest BCUT2D eigenvalue weighted by Gasteiger charge is -2.41. The summed E-state index contributed by atoms with van der Waals surface area (Å²) in [6.45, 7) is 3.08. The molecule has 0 bridgehead atoms. The average Bonchev–Trinajstić information content (AvgIpc) is 2.62. The van der Waals surface area contributed by atoms with E-state index in [2.05, 4.69) is 22.3 Å². The highest BCUT2D eigenvalue weighted by Gasteiger charge is 2.45. The summed E-state index contributed by atoms with van der Waals surface area (Å²) < 4.78 is 32.1. The van der Waals surface area contributed by atoms with Crippen LogP contribution in [0.4, 0.5) is 5.69 Å². The Balaban J connectivity index is 2.30. The van der Waals surface area contributed by atoms with Gasteiger partial charge in [0, 0.05) is 16.9 Å². The molecule has 9 nitrogen and oxygen atoms in total. The van der Waals surface area contributed by atoms with Crippen molar-refractivity contribution < 1.29 is 22.9 Å². The zero-order chi connectivity index (χ0) is 20.2. The van der Waals surface area contributed by atoms with Crippen molar-refractivity contribution in [1.82, 2.24) is 9.62 Å². The number of rotatable bonds is 7. The maximum Gasteiger partial charge on any atom is 0.325 e. The van der Waals surface area contributed by atoms with Crippen LogP contribution in [0.25, 0.3) is 0 Å². The third-order valence-corrected chi connectivity index (χ3v) is 6.69. The van der Waals surface area contributed by atoms with Gasteiger partial charge in [0.25, 0.3) is 5.69 Å². The molecular weight excluding hydrogens is 394 g/mol. The summed E-state index contributed by atoms with van der Waals surface area (Å²) in [4.78, 5) is 24.5. The van der Waals surface area contributed by atoms with E-state index in [1.165, 1.54) is 0 Å². The topological polar surface area (TPSA) is 119 Å². The fraction of sp³-hybridized carbons (Fsp3) is 0.562. The highest BCUT2D eigenvalue weighted by molar-refractivity contribution is 7.89. The number of carbonyl (C=O) groups is 1. The first-order chi connectivity index (χ1) is 12.6. The van der Waals surface area contributed by atoms with E-state index >= 15 is 0 Å². The summed E-state index contributed by atoms with van der Waals surface area (Å²) >= 11 is 4.64. The Labute approximate surface area is 163 Å². The number of sulfonamides is 1. The Morgan fingerprint density at radius 2 is 1.93 bits per heavy atom. The quantitative estimate of drug-likeness (QED) is 0.296. The standard InChI is InChI=1S/C16H23N3O6S2/c1-3-25-15(20)14(16(26)8-10-18(2)11-9-16)17-27(23,24)13-6-4-12(5-7-13)19(21)22/h4-7,14,17,26H,3,8-11H2,1-2H3. The molecule has 0 spiro atoms. The van der Waals surface area contributed by atoms with Gasteiger partial charge in [0.2, 0.25) is 10.0 Å². The van der Waals surface area contributed by atoms with Crippen molar-refractivity contribution in [3.8, 4) is 0 Å². The monoisotopic (exact) mass is 417 g/mol. The highest BCUT2D eigenvalue weighted by atomic mass is 32.2. The van der Waals surface area contributed by atoms with E-state index in [1.807, 2.05) is 7.05 Å². The van der Waals surface area contributed by atoms with Gasteiger partial charge in [-0.3, -0.25) is 14.9 Å². The normalized spacial score (nSPS) is 18.6. The van der Waals surface area contributed by atoms with Crippen LogP contribution < -0.4 is 4.72 Å². The van der Waals surface area contributed by atoms with Crippen LogP contribution in [0.1, 0.15) is 19.8 Å². The molecule has 1 aromatic rings. The summed E-state index contributed by atoms with van der Waals surface area (Å²) in [5.74, 6) is -0.692. The average molecular weight is 418 g/mol. The van der Waals surface area contributed by atoms with Crippen LogP contribution in [0.3, 0.4) is 0 Å². The van der Waals surface area contributed by atoms with Crippen LogP contribution in [-0.2, 0) is 19.6 Å². The number of thiol groups is 1. The molecule has 1 fully saturated rings. The van der Waals surface area contributed by atoms with Gasteiger partial charge >= 0.3 is 5.97 Å². The van der Waals surface area contributed by atoms with Gasteiger partial charge in [0.05, 0.1) is 16.4 Å². The molecule has 27 heavy (non-hydrogen) atoms. The number of piperidine rings is 1. The zero-order valence-corrected chi connectivity index (χ0v) is 16.8. The van der Waals surface area contributed by atoms with Gasteiger partial charge in [-0.2, -0.15) is 17.4 Å². The van der Waals surface area contributed by atoms with Crippen molar-refractivity contribution in [3.05, 3.63) is 34.4 Å². The minimum Gasteiger partial charge on any atom is -0.465 e. The van der Waals surface area contributed by atoms with Crippen molar-refractivity contribution in [2.45, 2.75) is 35.4 Å². The molecule has 1 saturated heterocycles. The molecule has 1 unspecified atom stereocenters. The van der Waals surface area contributed by atoms with E-state index in [0.29, 0.717) is 25.9 Å². The fourth-order valence-electron chi connectivity index (χ4n) is 2.87. The summed E-state index contributed by atoms with van der Waals surface area (Å²) in [5, 5.41) is 10.7. The third-order valence-electron chi connectivity index (χ3n) is 4.54. The second-order valence-electron chi connectivity index (χ2n) is 6.46. The Morgan fingerprint density at radius 1 is 1.37 bits per heavy atom. The Bertz CT molecular complexity index is 789. The predicted octanol–water partition coefficient (Wildman–Crippen LogP) is 1.20. The van der Waals surface area contributed by atoms with Crippen LogP contribution in [0.15, 0.2) is 29.2 Å². The van der Waals surface area contributed by atoms with E-state index in [1.54, 1.807) is 6.92 Å². The second-order valence-corrected chi connectivity index (χ2v) is 9.07. The molecule has 150 valence electrons. The Morgan fingerprint density at radius 3 is 2.41 bits per heavy atom. The minimum absolute atomic E-state index is 0.109. The van der Waals surface area contributed by atoms with E-state index in [0.717, 1.165) is 24.3 Å². The number of esters is 1. The van der Waals surface area contributed by atoms with E-state index in [4.69, 9.17) is 4.74 Å². The molecule has 1 aliphatic heterocycles. The number of non-ortho nitro benzene ring substituents is 1. The highest BCUT2D eigenvalue weighted by Crippen LogP contribution is 2.33. The molecule has 0 radical (unpaired) electrons. The first-order valence-electron chi connectivity index (χ1n) is 8.43. The number of benzene rings is 1. The Hall–Kier alpha value is -1.69. The molecule has 1 heterocycles. The van der Waals surface area contributed by atoms with Crippen LogP contribution in [0.2, 0.25) is 0 Å². The number of nitro benzene ring substituents is 1. The second kappa shape index (κ2) is 8.55. The van der Waals surface area contributed by atoms with Crippen molar-refractivity contribution in [3.63, 3.8) is 0 Å². The first-order valence-corrected chi connectivity index (χ1v) is 10.4. The number of hydrogen-bond donors (Lipinski definition) is 2. The first kappa shape index (κ1) is 21.6. The summed E-state index contributed by atoms with van der Waals surface area (Å²) in [6, 6.07) is 3.28. The molecule has 0 saturated carbocycles. The number of carbonyl (C=O) groups excluding carboxylic acids is 1. The van der Waals surface area contributed by atoms with Gasteiger partial charge in [-0.15, -0.1) is 0 Å². The van der Waals surface area contributed by atoms with Crippen molar-refractivity contribution in [2.24, 2.45) is 0 Å². The molecule has 1 aromatic carbocycles. The maximum atomic E-state index is 12.7.